The second-order valence-electron chi connectivity index (χ2n) is 3.27. The van der Waals surface area contributed by atoms with Gasteiger partial charge in [0.1, 0.15) is 5.56 Å². The summed E-state index contributed by atoms with van der Waals surface area (Å²) in [6, 6.07) is 1.06. The van der Waals surface area contributed by atoms with Gasteiger partial charge in [0.2, 0.25) is 0 Å². The van der Waals surface area contributed by atoms with Crippen LogP contribution in [-0.2, 0) is 0 Å². The first-order valence-corrected chi connectivity index (χ1v) is 4.88. The summed E-state index contributed by atoms with van der Waals surface area (Å²) < 4.78 is 23.6. The zero-order valence-electron chi connectivity index (χ0n) is 9.83. The number of rotatable bonds is 5. The molecule has 0 fully saturated rings. The molecule has 0 atom stereocenters. The molecule has 17 heavy (non-hydrogen) atoms. The molecular formula is C11H14FNO4. The predicted octanol–water partition coefficient (Wildman–Crippen LogP) is 0.951. The number of benzene rings is 1. The van der Waals surface area contributed by atoms with Gasteiger partial charge in [-0.25, -0.2) is 4.39 Å². The summed E-state index contributed by atoms with van der Waals surface area (Å²) in [5.74, 6) is -2.12. The molecule has 0 saturated carbocycles. The van der Waals surface area contributed by atoms with Crippen molar-refractivity contribution in [3.05, 3.63) is 17.4 Å². The van der Waals surface area contributed by atoms with Crippen molar-refractivity contribution in [2.45, 2.75) is 0 Å². The van der Waals surface area contributed by atoms with Gasteiger partial charge in [0.15, 0.2) is 28.8 Å². The number of halogens is 1. The topological polar surface area (TPSA) is 67.8 Å². The van der Waals surface area contributed by atoms with Gasteiger partial charge in [0, 0.05) is 6.07 Å². The van der Waals surface area contributed by atoms with Crippen LogP contribution in [0.5, 0.6) is 17.2 Å². The molecule has 5 nitrogen and oxygen atoms in total. The molecule has 94 valence electrons. The number of Topliss-reactive ketones (excluding diaryl/α,β-unsaturated/α-hetero) is 1. The van der Waals surface area contributed by atoms with Crippen LogP contribution in [0.25, 0.3) is 0 Å². The minimum atomic E-state index is -1.01. The average Bonchev–Trinajstić information content (AvgIpc) is 2.31. The lowest BCUT2D eigenvalue weighted by atomic mass is 10.1. The number of ether oxygens (including phenoxy) is 2. The molecule has 1 aromatic rings. The van der Waals surface area contributed by atoms with Crippen LogP contribution in [0.1, 0.15) is 10.4 Å². The second-order valence-corrected chi connectivity index (χ2v) is 3.27. The van der Waals surface area contributed by atoms with Crippen LogP contribution in [0.3, 0.4) is 0 Å². The second kappa shape index (κ2) is 5.49. The molecule has 0 saturated heterocycles. The maximum Gasteiger partial charge on any atom is 0.183 e. The van der Waals surface area contributed by atoms with E-state index in [9.17, 15) is 14.3 Å². The van der Waals surface area contributed by atoms with Crippen molar-refractivity contribution in [2.24, 2.45) is 0 Å². The Labute approximate surface area is 98.2 Å². The molecule has 0 aromatic heterocycles. The minimum Gasteiger partial charge on any atom is -0.505 e. The minimum absolute atomic E-state index is 0.0250. The quantitative estimate of drug-likeness (QED) is 0.754. The summed E-state index contributed by atoms with van der Waals surface area (Å²) in [7, 11) is 4.19. The van der Waals surface area contributed by atoms with Gasteiger partial charge < -0.3 is 19.9 Å². The Morgan fingerprint density at radius 1 is 1.47 bits per heavy atom. The molecule has 1 rings (SSSR count). The fourth-order valence-corrected chi connectivity index (χ4v) is 1.46. The summed E-state index contributed by atoms with van der Waals surface area (Å²) in [5.41, 5.74) is -0.321. The van der Waals surface area contributed by atoms with Crippen LogP contribution in [0, 0.1) is 5.82 Å². The van der Waals surface area contributed by atoms with Gasteiger partial charge in [-0.05, 0) is 7.05 Å². The van der Waals surface area contributed by atoms with Gasteiger partial charge in [0.05, 0.1) is 20.8 Å². The zero-order valence-corrected chi connectivity index (χ0v) is 9.83. The van der Waals surface area contributed by atoms with Crippen molar-refractivity contribution in [1.82, 2.24) is 5.32 Å². The smallest absolute Gasteiger partial charge is 0.183 e. The molecule has 0 radical (unpaired) electrons. The maximum atomic E-state index is 13.7. The molecule has 0 bridgehead atoms. The van der Waals surface area contributed by atoms with Crippen LogP contribution in [-0.4, -0.2) is 38.7 Å². The Morgan fingerprint density at radius 2 is 2.12 bits per heavy atom. The van der Waals surface area contributed by atoms with Crippen molar-refractivity contribution >= 4 is 5.78 Å². The number of aromatic hydroxyl groups is 1. The Morgan fingerprint density at radius 3 is 2.59 bits per heavy atom. The van der Waals surface area contributed by atoms with Crippen LogP contribution in [0.15, 0.2) is 6.07 Å². The standard InChI is InChI=1S/C11H14FNO4/c1-13-5-7(15)9-10(12)6(14)4-8(16-2)11(9)17-3/h4,13-14H,5H2,1-3H3. The highest BCUT2D eigenvalue weighted by Crippen LogP contribution is 2.38. The zero-order chi connectivity index (χ0) is 13.0. The van der Waals surface area contributed by atoms with E-state index in [-0.39, 0.29) is 23.6 Å². The van der Waals surface area contributed by atoms with E-state index >= 15 is 0 Å². The van der Waals surface area contributed by atoms with Gasteiger partial charge in [-0.1, -0.05) is 0 Å². The van der Waals surface area contributed by atoms with Crippen molar-refractivity contribution in [3.8, 4) is 17.2 Å². The maximum absolute atomic E-state index is 13.7. The van der Waals surface area contributed by atoms with E-state index in [1.165, 1.54) is 14.2 Å². The largest absolute Gasteiger partial charge is 0.505 e. The third kappa shape index (κ3) is 2.47. The summed E-state index contributed by atoms with van der Waals surface area (Å²) in [4.78, 5) is 11.7. The molecule has 0 aliphatic carbocycles. The number of methoxy groups -OCH3 is 2. The predicted molar refractivity (Wildman–Crippen MR) is 59.4 cm³/mol. The number of hydrogen-bond acceptors (Lipinski definition) is 5. The summed E-state index contributed by atoms with van der Waals surface area (Å²) >= 11 is 0. The first-order valence-electron chi connectivity index (χ1n) is 4.88. The molecule has 0 spiro atoms. The number of likely N-dealkylation sites (N-methyl/N-ethyl adjacent to an activating group) is 1. The fraction of sp³-hybridized carbons (Fsp3) is 0.364. The summed E-state index contributed by atoms with van der Waals surface area (Å²) in [6.07, 6.45) is 0. The third-order valence-corrected chi connectivity index (χ3v) is 2.20. The highest BCUT2D eigenvalue weighted by atomic mass is 19.1. The van der Waals surface area contributed by atoms with Crippen molar-refractivity contribution in [1.29, 1.82) is 0 Å². The Bertz CT molecular complexity index is 434. The van der Waals surface area contributed by atoms with E-state index in [1.807, 2.05) is 0 Å². The fourth-order valence-electron chi connectivity index (χ4n) is 1.46. The first-order chi connectivity index (χ1) is 8.06. The Kier molecular flexibility index (Phi) is 4.28. The Balaban J connectivity index is 3.43. The van der Waals surface area contributed by atoms with E-state index in [0.717, 1.165) is 6.07 Å². The molecule has 1 aromatic carbocycles. The molecule has 0 amide bonds. The van der Waals surface area contributed by atoms with E-state index < -0.39 is 17.3 Å². The number of hydrogen-bond donors (Lipinski definition) is 2. The number of nitrogens with one attached hydrogen (secondary N) is 1. The average molecular weight is 243 g/mol. The number of phenols is 1. The van der Waals surface area contributed by atoms with Crippen molar-refractivity contribution in [2.75, 3.05) is 27.8 Å². The van der Waals surface area contributed by atoms with Gasteiger partial charge in [0.25, 0.3) is 0 Å². The van der Waals surface area contributed by atoms with E-state index in [2.05, 4.69) is 5.32 Å². The van der Waals surface area contributed by atoms with Crippen LogP contribution in [0.2, 0.25) is 0 Å². The molecule has 0 heterocycles. The Hall–Kier alpha value is -1.82. The summed E-state index contributed by atoms with van der Waals surface area (Å²) in [5, 5.41) is 12.0. The lowest BCUT2D eigenvalue weighted by Crippen LogP contribution is -2.20. The lowest BCUT2D eigenvalue weighted by Gasteiger charge is -2.13. The first kappa shape index (κ1) is 13.2. The van der Waals surface area contributed by atoms with Crippen LogP contribution < -0.4 is 14.8 Å². The van der Waals surface area contributed by atoms with E-state index in [4.69, 9.17) is 9.47 Å². The van der Waals surface area contributed by atoms with E-state index in [0.29, 0.717) is 0 Å². The molecule has 0 unspecified atom stereocenters. The molecular weight excluding hydrogens is 229 g/mol. The summed E-state index contributed by atoms with van der Waals surface area (Å²) in [6.45, 7) is -0.0696. The number of carbonyl (C=O) groups is 1. The van der Waals surface area contributed by atoms with Crippen molar-refractivity contribution < 1.29 is 23.8 Å². The van der Waals surface area contributed by atoms with E-state index in [1.54, 1.807) is 7.05 Å². The molecule has 0 aliphatic rings. The normalized spacial score (nSPS) is 10.1. The lowest BCUT2D eigenvalue weighted by molar-refractivity contribution is 0.0985. The van der Waals surface area contributed by atoms with Gasteiger partial charge in [-0.15, -0.1) is 0 Å². The van der Waals surface area contributed by atoms with Crippen LogP contribution in [0.4, 0.5) is 4.39 Å². The van der Waals surface area contributed by atoms with Gasteiger partial charge in [-0.3, -0.25) is 4.79 Å². The number of ketones is 1. The highest BCUT2D eigenvalue weighted by Gasteiger charge is 2.24. The van der Waals surface area contributed by atoms with Crippen LogP contribution >= 0.6 is 0 Å². The number of carbonyl (C=O) groups excluding carboxylic acids is 1. The SMILES string of the molecule is CNCC(=O)c1c(F)c(O)cc(OC)c1OC. The highest BCUT2D eigenvalue weighted by molar-refractivity contribution is 6.01. The van der Waals surface area contributed by atoms with Gasteiger partial charge in [-0.2, -0.15) is 0 Å². The molecule has 0 aliphatic heterocycles. The molecule has 2 N–H and O–H groups in total. The molecule has 6 heteroatoms. The van der Waals surface area contributed by atoms with Crippen molar-refractivity contribution in [3.63, 3.8) is 0 Å². The number of phenolic OH excluding ortho intramolecular Hbond substituents is 1. The third-order valence-electron chi connectivity index (χ3n) is 2.20. The monoisotopic (exact) mass is 243 g/mol. The van der Waals surface area contributed by atoms with Gasteiger partial charge >= 0.3 is 0 Å².